The first-order chi connectivity index (χ1) is 14.6. The lowest BCUT2D eigenvalue weighted by Crippen LogP contribution is -2.44. The molecule has 4 rings (SSSR count). The maximum absolute atomic E-state index is 12.0. The number of anilines is 1. The molecule has 0 radical (unpaired) electrons. The molecule has 0 atom stereocenters. The fraction of sp³-hybridized carbons (Fsp3) is 0.174. The number of aromatic nitrogens is 1. The number of nitriles is 1. The number of hydrogen-bond acceptors (Lipinski definition) is 6. The van der Waals surface area contributed by atoms with Crippen molar-refractivity contribution in [1.82, 2.24) is 10.3 Å². The molecule has 150 valence electrons. The Bertz CT molecular complexity index is 1080. The number of benzene rings is 2. The van der Waals surface area contributed by atoms with Crippen LogP contribution in [0.1, 0.15) is 15.9 Å². The van der Waals surface area contributed by atoms with E-state index in [0.29, 0.717) is 28.3 Å². The van der Waals surface area contributed by atoms with Gasteiger partial charge in [-0.05, 0) is 60.7 Å². The van der Waals surface area contributed by atoms with Crippen molar-refractivity contribution in [3.63, 3.8) is 0 Å². The van der Waals surface area contributed by atoms with Crippen molar-refractivity contribution in [1.29, 1.82) is 5.26 Å². The van der Waals surface area contributed by atoms with Crippen LogP contribution in [-0.4, -0.2) is 37.1 Å². The zero-order valence-electron chi connectivity index (χ0n) is 16.3. The van der Waals surface area contributed by atoms with Crippen LogP contribution in [0.3, 0.4) is 0 Å². The van der Waals surface area contributed by atoms with E-state index in [2.05, 4.69) is 16.3 Å². The number of primary amides is 1. The summed E-state index contributed by atoms with van der Waals surface area (Å²) in [6.45, 7) is 3.52. The Morgan fingerprint density at radius 3 is 2.23 bits per heavy atom. The Balaban J connectivity index is 1.60. The van der Waals surface area contributed by atoms with E-state index in [1.807, 2.05) is 30.3 Å². The Labute approximate surface area is 174 Å². The lowest BCUT2D eigenvalue weighted by Gasteiger charge is -2.29. The first-order valence-electron chi connectivity index (χ1n) is 9.69. The van der Waals surface area contributed by atoms with Gasteiger partial charge in [-0.25, -0.2) is 4.98 Å². The quantitative estimate of drug-likeness (QED) is 0.684. The van der Waals surface area contributed by atoms with Crippen LogP contribution in [0.2, 0.25) is 0 Å². The molecule has 1 aliphatic rings. The highest BCUT2D eigenvalue weighted by atomic mass is 16.5. The van der Waals surface area contributed by atoms with Crippen LogP contribution in [0.25, 0.3) is 11.3 Å². The van der Waals surface area contributed by atoms with Gasteiger partial charge >= 0.3 is 0 Å². The zero-order chi connectivity index (χ0) is 20.9. The normalized spacial score (nSPS) is 13.5. The summed E-state index contributed by atoms with van der Waals surface area (Å²) < 4.78 is 5.83. The average Bonchev–Trinajstić information content (AvgIpc) is 2.80. The summed E-state index contributed by atoms with van der Waals surface area (Å²) >= 11 is 0. The molecular formula is C23H21N5O2. The van der Waals surface area contributed by atoms with Crippen molar-refractivity contribution < 1.29 is 9.53 Å². The van der Waals surface area contributed by atoms with E-state index in [-0.39, 0.29) is 0 Å². The molecule has 1 aromatic heterocycles. The van der Waals surface area contributed by atoms with Gasteiger partial charge in [0.2, 0.25) is 0 Å². The van der Waals surface area contributed by atoms with E-state index in [1.165, 1.54) is 0 Å². The fourth-order valence-electron chi connectivity index (χ4n) is 3.35. The van der Waals surface area contributed by atoms with E-state index >= 15 is 0 Å². The highest BCUT2D eigenvalue weighted by Gasteiger charge is 2.17. The molecule has 2 aromatic carbocycles. The molecule has 1 amide bonds. The van der Waals surface area contributed by atoms with Crippen LogP contribution >= 0.6 is 0 Å². The second-order valence-electron chi connectivity index (χ2n) is 6.93. The smallest absolute Gasteiger partial charge is 0.250 e. The van der Waals surface area contributed by atoms with Gasteiger partial charge in [0, 0.05) is 31.7 Å². The Kier molecular flexibility index (Phi) is 5.59. The van der Waals surface area contributed by atoms with E-state index in [9.17, 15) is 4.79 Å². The van der Waals surface area contributed by atoms with Crippen molar-refractivity contribution in [2.45, 2.75) is 0 Å². The number of nitrogens with two attached hydrogens (primary N) is 1. The predicted molar refractivity (Wildman–Crippen MR) is 115 cm³/mol. The summed E-state index contributed by atoms with van der Waals surface area (Å²) in [7, 11) is 0. The third kappa shape index (κ3) is 4.24. The molecule has 30 heavy (non-hydrogen) atoms. The molecule has 0 aliphatic carbocycles. The van der Waals surface area contributed by atoms with Crippen LogP contribution in [-0.2, 0) is 0 Å². The third-order valence-electron chi connectivity index (χ3n) is 4.93. The largest absolute Gasteiger partial charge is 0.457 e. The summed E-state index contributed by atoms with van der Waals surface area (Å²) in [6, 6.07) is 19.9. The van der Waals surface area contributed by atoms with E-state index in [0.717, 1.165) is 37.6 Å². The molecule has 7 heteroatoms. The molecule has 1 fully saturated rings. The topological polar surface area (TPSA) is 104 Å². The number of nitrogens with zero attached hydrogens (tertiary/aromatic N) is 3. The average molecular weight is 399 g/mol. The number of carbonyl (C=O) groups is 1. The van der Waals surface area contributed by atoms with Crippen LogP contribution in [0.5, 0.6) is 11.5 Å². The molecule has 3 aromatic rings. The molecule has 0 unspecified atom stereocenters. The highest BCUT2D eigenvalue weighted by molar-refractivity contribution is 5.99. The molecule has 1 saturated heterocycles. The number of pyridine rings is 1. The summed E-state index contributed by atoms with van der Waals surface area (Å²) in [5.74, 6) is 1.59. The van der Waals surface area contributed by atoms with Crippen LogP contribution in [0, 0.1) is 11.3 Å². The van der Waals surface area contributed by atoms with Crippen LogP contribution in [0.4, 0.5) is 5.82 Å². The van der Waals surface area contributed by atoms with Crippen molar-refractivity contribution in [3.05, 3.63) is 71.8 Å². The lowest BCUT2D eigenvalue weighted by molar-refractivity contribution is 0.100. The number of piperazine rings is 1. The van der Waals surface area contributed by atoms with Gasteiger partial charge in [0.1, 0.15) is 17.3 Å². The molecule has 0 saturated carbocycles. The molecule has 2 heterocycles. The standard InChI is InChI=1S/C23H21N5O2/c24-15-16-1-5-18(6-2-16)30-19-7-3-17(4-8-19)22-20(23(25)29)9-10-21(27-22)28-13-11-26-12-14-28/h1-10,26H,11-14H2,(H2,25,29). The molecule has 1 aliphatic heterocycles. The minimum Gasteiger partial charge on any atom is -0.457 e. The Morgan fingerprint density at radius 2 is 1.63 bits per heavy atom. The number of rotatable bonds is 5. The zero-order valence-corrected chi connectivity index (χ0v) is 16.3. The van der Waals surface area contributed by atoms with Crippen LogP contribution < -0.4 is 20.7 Å². The van der Waals surface area contributed by atoms with Gasteiger partial charge in [0.05, 0.1) is 22.9 Å². The Morgan fingerprint density at radius 1 is 1.00 bits per heavy atom. The van der Waals surface area contributed by atoms with Gasteiger partial charge < -0.3 is 20.7 Å². The fourth-order valence-corrected chi connectivity index (χ4v) is 3.35. The van der Waals surface area contributed by atoms with Gasteiger partial charge in [0.15, 0.2) is 0 Å². The van der Waals surface area contributed by atoms with Crippen molar-refractivity contribution in [3.8, 4) is 28.8 Å². The molecule has 7 nitrogen and oxygen atoms in total. The maximum atomic E-state index is 12.0. The molecule has 0 bridgehead atoms. The van der Waals surface area contributed by atoms with E-state index in [4.69, 9.17) is 20.7 Å². The minimum atomic E-state index is -0.512. The van der Waals surface area contributed by atoms with Gasteiger partial charge in [0.25, 0.3) is 5.91 Å². The lowest BCUT2D eigenvalue weighted by atomic mass is 10.0. The number of carbonyl (C=O) groups excluding carboxylic acids is 1. The summed E-state index contributed by atoms with van der Waals surface area (Å²) in [6.07, 6.45) is 0. The van der Waals surface area contributed by atoms with Crippen molar-refractivity contribution in [2.24, 2.45) is 5.73 Å². The van der Waals surface area contributed by atoms with Gasteiger partial charge in [-0.1, -0.05) is 0 Å². The predicted octanol–water partition coefficient (Wildman–Crippen LogP) is 2.92. The molecule has 0 spiro atoms. The van der Waals surface area contributed by atoms with E-state index < -0.39 is 5.91 Å². The molecular weight excluding hydrogens is 378 g/mol. The number of amides is 1. The Hall–Kier alpha value is -3.89. The molecule has 3 N–H and O–H groups in total. The number of ether oxygens (including phenoxy) is 1. The van der Waals surface area contributed by atoms with Gasteiger partial charge in [-0.3, -0.25) is 4.79 Å². The summed E-state index contributed by atoms with van der Waals surface area (Å²) in [5.41, 5.74) is 7.89. The number of hydrogen-bond donors (Lipinski definition) is 2. The number of nitrogens with one attached hydrogen (secondary N) is 1. The van der Waals surface area contributed by atoms with Gasteiger partial charge in [-0.15, -0.1) is 0 Å². The first-order valence-corrected chi connectivity index (χ1v) is 9.69. The second kappa shape index (κ2) is 8.64. The van der Waals surface area contributed by atoms with Crippen molar-refractivity contribution >= 4 is 11.7 Å². The first kappa shape index (κ1) is 19.4. The summed E-state index contributed by atoms with van der Waals surface area (Å²) in [4.78, 5) is 18.9. The maximum Gasteiger partial charge on any atom is 0.250 e. The minimum absolute atomic E-state index is 0.384. The highest BCUT2D eigenvalue weighted by Crippen LogP contribution is 2.28. The second-order valence-corrected chi connectivity index (χ2v) is 6.93. The monoisotopic (exact) mass is 399 g/mol. The van der Waals surface area contributed by atoms with E-state index in [1.54, 1.807) is 30.3 Å². The van der Waals surface area contributed by atoms with Crippen LogP contribution in [0.15, 0.2) is 60.7 Å². The van der Waals surface area contributed by atoms with Crippen molar-refractivity contribution in [2.75, 3.05) is 31.1 Å². The van der Waals surface area contributed by atoms with Gasteiger partial charge in [-0.2, -0.15) is 5.26 Å². The SMILES string of the molecule is N#Cc1ccc(Oc2ccc(-c3nc(N4CCNCC4)ccc3C(N)=O)cc2)cc1. The third-order valence-corrected chi connectivity index (χ3v) is 4.93. The summed E-state index contributed by atoms with van der Waals surface area (Å²) in [5, 5.41) is 12.2.